The molecule has 7 unspecified atom stereocenters. The molecule has 0 aromatic carbocycles. The molecule has 0 aromatic heterocycles. The number of ether oxygens (including phenoxy) is 2. The van der Waals surface area contributed by atoms with Crippen molar-refractivity contribution in [1.29, 1.82) is 0 Å². The largest absolute Gasteiger partial charge is 0.394 e. The normalized spacial score (nSPS) is 19.5. The highest BCUT2D eigenvalue weighted by molar-refractivity contribution is 5.76. The fraction of sp³-hybridized carbons (Fsp3) is 0.648. The fourth-order valence-corrected chi connectivity index (χ4v) is 9.12. The van der Waals surface area contributed by atoms with E-state index in [0.717, 1.165) is 122 Å². The van der Waals surface area contributed by atoms with Crippen molar-refractivity contribution in [2.75, 3.05) is 13.2 Å². The first-order chi connectivity index (χ1) is 39.3. The van der Waals surface area contributed by atoms with Crippen LogP contribution in [0.3, 0.4) is 0 Å². The first kappa shape index (κ1) is 74.1. The Kier molecular flexibility index (Phi) is 54.0. The van der Waals surface area contributed by atoms with Gasteiger partial charge in [-0.1, -0.05) is 262 Å². The number of amides is 1. The molecule has 0 spiro atoms. The first-order valence-corrected chi connectivity index (χ1v) is 32.1. The van der Waals surface area contributed by atoms with Crippen LogP contribution in [0.1, 0.15) is 239 Å². The quantitative estimate of drug-likeness (QED) is 0.0261. The lowest BCUT2D eigenvalue weighted by atomic mass is 9.99. The average molecular weight is 1110 g/mol. The van der Waals surface area contributed by atoms with Gasteiger partial charge in [0.05, 0.1) is 25.4 Å². The molecule has 1 aliphatic heterocycles. The second kappa shape index (κ2) is 58.3. The number of hydrogen-bond donors (Lipinski definition) is 6. The maximum absolute atomic E-state index is 13.1. The van der Waals surface area contributed by atoms with Gasteiger partial charge in [0.2, 0.25) is 5.91 Å². The monoisotopic (exact) mass is 1110 g/mol. The highest BCUT2D eigenvalue weighted by Crippen LogP contribution is 2.23. The summed E-state index contributed by atoms with van der Waals surface area (Å²) in [6.07, 6.45) is 83.5. The molecule has 1 aliphatic rings. The van der Waals surface area contributed by atoms with E-state index in [4.69, 9.17) is 9.47 Å². The van der Waals surface area contributed by atoms with Gasteiger partial charge in [0.25, 0.3) is 0 Å². The second-order valence-electron chi connectivity index (χ2n) is 21.4. The van der Waals surface area contributed by atoms with Crippen molar-refractivity contribution in [2.45, 2.75) is 281 Å². The molecule has 1 fully saturated rings. The Morgan fingerprint density at radius 2 is 0.787 bits per heavy atom. The Labute approximate surface area is 489 Å². The van der Waals surface area contributed by atoms with Crippen molar-refractivity contribution in [1.82, 2.24) is 5.32 Å². The van der Waals surface area contributed by atoms with Gasteiger partial charge in [-0.15, -0.1) is 0 Å². The van der Waals surface area contributed by atoms with Crippen molar-refractivity contribution in [3.8, 4) is 0 Å². The highest BCUT2D eigenvalue weighted by Gasteiger charge is 2.44. The van der Waals surface area contributed by atoms with Crippen molar-refractivity contribution in [3.63, 3.8) is 0 Å². The van der Waals surface area contributed by atoms with Crippen molar-refractivity contribution in [3.05, 3.63) is 146 Å². The minimum Gasteiger partial charge on any atom is -0.394 e. The topological polar surface area (TPSA) is 149 Å². The van der Waals surface area contributed by atoms with Gasteiger partial charge in [0.15, 0.2) is 6.29 Å². The zero-order chi connectivity index (χ0) is 57.9. The molecule has 9 nitrogen and oxygen atoms in total. The lowest BCUT2D eigenvalue weighted by molar-refractivity contribution is -0.302. The van der Waals surface area contributed by atoms with Crippen molar-refractivity contribution in [2.24, 2.45) is 0 Å². The van der Waals surface area contributed by atoms with Gasteiger partial charge in [0, 0.05) is 6.42 Å². The van der Waals surface area contributed by atoms with E-state index in [1.807, 2.05) is 6.08 Å². The van der Waals surface area contributed by atoms with Crippen LogP contribution in [-0.2, 0) is 14.3 Å². The second-order valence-corrected chi connectivity index (χ2v) is 21.4. The molecule has 0 saturated carbocycles. The summed E-state index contributed by atoms with van der Waals surface area (Å²) in [6, 6.07) is -0.847. The molecule has 1 saturated heterocycles. The van der Waals surface area contributed by atoms with Gasteiger partial charge in [-0.05, 0) is 116 Å². The van der Waals surface area contributed by atoms with E-state index in [9.17, 15) is 30.3 Å². The summed E-state index contributed by atoms with van der Waals surface area (Å²) in [5.41, 5.74) is 0. The smallest absolute Gasteiger partial charge is 0.220 e. The molecule has 7 atom stereocenters. The van der Waals surface area contributed by atoms with E-state index in [0.29, 0.717) is 6.42 Å². The number of unbranched alkanes of at least 4 members (excludes halogenated alkanes) is 21. The Morgan fingerprint density at radius 3 is 1.20 bits per heavy atom. The minimum atomic E-state index is -1.59. The molecule has 454 valence electrons. The van der Waals surface area contributed by atoms with Crippen LogP contribution in [-0.4, -0.2) is 87.5 Å². The van der Waals surface area contributed by atoms with E-state index in [1.165, 1.54) is 96.3 Å². The van der Waals surface area contributed by atoms with Gasteiger partial charge in [-0.25, -0.2) is 0 Å². The fourth-order valence-electron chi connectivity index (χ4n) is 9.12. The van der Waals surface area contributed by atoms with E-state index < -0.39 is 49.5 Å². The summed E-state index contributed by atoms with van der Waals surface area (Å²) in [5.74, 6) is -0.208. The minimum absolute atomic E-state index is 0.208. The van der Waals surface area contributed by atoms with Gasteiger partial charge >= 0.3 is 0 Å². The van der Waals surface area contributed by atoms with Gasteiger partial charge in [-0.2, -0.15) is 0 Å². The third kappa shape index (κ3) is 46.7. The van der Waals surface area contributed by atoms with Crippen LogP contribution in [0.5, 0.6) is 0 Å². The number of carbonyl (C=O) groups is 1. The molecule has 1 heterocycles. The number of allylic oxidation sites excluding steroid dienone is 23. The molecule has 0 aromatic rings. The molecule has 6 N–H and O–H groups in total. The molecule has 0 aliphatic carbocycles. The Morgan fingerprint density at radius 1 is 0.438 bits per heavy atom. The summed E-state index contributed by atoms with van der Waals surface area (Å²) in [4.78, 5) is 13.1. The van der Waals surface area contributed by atoms with Crippen LogP contribution in [0, 0.1) is 0 Å². The Balaban J connectivity index is 2.24. The van der Waals surface area contributed by atoms with Gasteiger partial charge in [-0.3, -0.25) is 4.79 Å². The number of aliphatic hydroxyl groups is 5. The number of hydrogen-bond acceptors (Lipinski definition) is 8. The molecule has 0 bridgehead atoms. The SMILES string of the molecule is CC/C=C\C/C=C\C/C=C\C/C=C\C/C=C\C/C=C\C/C=C\C/C=C\C/C=C\CCCCCCCCCC(=O)NC(COC1OC(CO)C(O)C(O)C1O)C(O)/C=C/CC/C=C/CC/C=C/CCCCCCCCCCCCCC. The molecule has 1 amide bonds. The standard InChI is InChI=1S/C71H117NO8/c1-3-5-7-9-11-13-15-17-19-21-23-25-27-28-29-30-31-32-33-34-35-36-37-38-39-41-43-45-47-49-51-53-55-57-59-61-67(75)72-64(63-79-71-70(78)69(77)68(76)66(62-73)80-71)65(74)60-58-56-54-52-50-48-46-44-42-40-26-24-22-20-18-16-14-12-10-8-6-4-2/h5,7,11,13,17,19,23,25,28-29,31-32,34-35,37-38,41-44,50,52,58,60,64-66,68-71,73-74,76-78H,3-4,6,8-10,12,14-16,18,20-22,24,26-27,30,33,36,39-40,45-49,51,53-57,59,61-63H2,1-2H3,(H,72,75)/b7-5-,13-11-,19-17-,25-23-,29-28-,32-31-,35-34-,38-37-,43-41-,44-42+,52-50+,60-58+. The number of carbonyl (C=O) groups excluding carboxylic acids is 1. The van der Waals surface area contributed by atoms with E-state index >= 15 is 0 Å². The molecule has 0 radical (unpaired) electrons. The summed E-state index contributed by atoms with van der Waals surface area (Å²) in [6.45, 7) is 3.64. The van der Waals surface area contributed by atoms with E-state index in [-0.39, 0.29) is 12.5 Å². The molecule has 9 heteroatoms. The zero-order valence-electron chi connectivity index (χ0n) is 50.5. The maximum atomic E-state index is 13.1. The van der Waals surface area contributed by atoms with Gasteiger partial charge in [0.1, 0.15) is 24.4 Å². The lowest BCUT2D eigenvalue weighted by Crippen LogP contribution is -2.60. The summed E-state index contributed by atoms with van der Waals surface area (Å²) >= 11 is 0. The molecular weight excluding hydrogens is 995 g/mol. The van der Waals surface area contributed by atoms with Crippen LogP contribution in [0.25, 0.3) is 0 Å². The zero-order valence-corrected chi connectivity index (χ0v) is 50.5. The number of nitrogens with one attached hydrogen (secondary N) is 1. The van der Waals surface area contributed by atoms with Crippen LogP contribution < -0.4 is 5.32 Å². The van der Waals surface area contributed by atoms with Crippen LogP contribution >= 0.6 is 0 Å². The summed E-state index contributed by atoms with van der Waals surface area (Å²) < 4.78 is 11.3. The number of rotatable bonds is 53. The first-order valence-electron chi connectivity index (χ1n) is 32.1. The van der Waals surface area contributed by atoms with Crippen LogP contribution in [0.15, 0.2) is 146 Å². The predicted molar refractivity (Wildman–Crippen MR) is 340 cm³/mol. The Bertz CT molecular complexity index is 1770. The molecular formula is C71H117NO8. The maximum Gasteiger partial charge on any atom is 0.220 e. The van der Waals surface area contributed by atoms with Gasteiger partial charge < -0.3 is 40.3 Å². The van der Waals surface area contributed by atoms with Crippen molar-refractivity contribution < 1.29 is 39.8 Å². The highest BCUT2D eigenvalue weighted by atomic mass is 16.7. The van der Waals surface area contributed by atoms with Crippen LogP contribution in [0.2, 0.25) is 0 Å². The summed E-state index contributed by atoms with van der Waals surface area (Å²) in [5, 5.41) is 54.6. The lowest BCUT2D eigenvalue weighted by Gasteiger charge is -2.40. The Hall–Kier alpha value is -3.93. The number of aliphatic hydroxyl groups excluding tert-OH is 5. The van der Waals surface area contributed by atoms with E-state index in [1.54, 1.807) is 6.08 Å². The van der Waals surface area contributed by atoms with Crippen LogP contribution in [0.4, 0.5) is 0 Å². The predicted octanol–water partition coefficient (Wildman–Crippen LogP) is 17.0. The third-order valence-corrected chi connectivity index (χ3v) is 14.1. The van der Waals surface area contributed by atoms with Crippen molar-refractivity contribution >= 4 is 5.91 Å². The van der Waals surface area contributed by atoms with E-state index in [2.05, 4.69) is 153 Å². The molecule has 1 rings (SSSR count). The average Bonchev–Trinajstić information content (AvgIpc) is 3.46. The summed E-state index contributed by atoms with van der Waals surface area (Å²) in [7, 11) is 0. The molecule has 80 heavy (non-hydrogen) atoms. The third-order valence-electron chi connectivity index (χ3n) is 14.1.